The first kappa shape index (κ1) is 26.9. The van der Waals surface area contributed by atoms with Gasteiger partial charge >= 0.3 is 5.97 Å². The first-order valence-corrected chi connectivity index (χ1v) is 13.8. The molecule has 2 aliphatic heterocycles. The topological polar surface area (TPSA) is 104 Å². The Kier molecular flexibility index (Phi) is 7.21. The van der Waals surface area contributed by atoms with Gasteiger partial charge in [0.15, 0.2) is 0 Å². The highest BCUT2D eigenvalue weighted by Crippen LogP contribution is 2.42. The number of fused-ring (bicyclic) bond motifs is 8. The van der Waals surface area contributed by atoms with Gasteiger partial charge in [-0.15, -0.1) is 0 Å². The van der Waals surface area contributed by atoms with E-state index in [-0.39, 0.29) is 24.4 Å². The van der Waals surface area contributed by atoms with Crippen LogP contribution in [-0.2, 0) is 16.1 Å². The molecule has 0 saturated carbocycles. The maximum Gasteiger partial charge on any atom is 0.305 e. The number of hydrogen-bond donors (Lipinski definition) is 3. The number of carbonyl (C=O) groups is 1. The first-order valence-electron chi connectivity index (χ1n) is 13.8. The van der Waals surface area contributed by atoms with Crippen LogP contribution in [0, 0.1) is 20.8 Å². The average Bonchev–Trinajstić information content (AvgIpc) is 3.61. The van der Waals surface area contributed by atoms with Crippen molar-refractivity contribution >= 4 is 39.2 Å². The van der Waals surface area contributed by atoms with Crippen molar-refractivity contribution in [3.8, 4) is 0 Å². The molecular formula is C32H38N4O3. The number of aliphatic hydroxyl groups excluding tert-OH is 1. The highest BCUT2D eigenvalue weighted by Gasteiger charge is 2.31. The van der Waals surface area contributed by atoms with Crippen LogP contribution in [0.15, 0.2) is 24.3 Å². The number of hydrogen-bond acceptors (Lipinski definition) is 5. The number of aromatic amines is 2. The molecule has 7 nitrogen and oxygen atoms in total. The van der Waals surface area contributed by atoms with Crippen molar-refractivity contribution in [2.75, 3.05) is 7.11 Å². The Bertz CT molecular complexity index is 1660. The number of esters is 1. The van der Waals surface area contributed by atoms with Gasteiger partial charge in [0, 0.05) is 57.3 Å². The van der Waals surface area contributed by atoms with Crippen LogP contribution in [0.2, 0.25) is 0 Å². The second-order valence-electron chi connectivity index (χ2n) is 10.8. The second-order valence-corrected chi connectivity index (χ2v) is 10.8. The molecule has 5 rings (SSSR count). The van der Waals surface area contributed by atoms with Crippen molar-refractivity contribution in [1.82, 2.24) is 19.9 Å². The third-order valence-corrected chi connectivity index (χ3v) is 8.61. The number of carbonyl (C=O) groups excluding carboxylic acids is 1. The summed E-state index contributed by atoms with van der Waals surface area (Å²) in [7, 11) is 1.43. The number of aryl methyl sites for hydroxylation is 3. The average molecular weight is 527 g/mol. The lowest BCUT2D eigenvalue weighted by Gasteiger charge is -2.16. The van der Waals surface area contributed by atoms with Gasteiger partial charge in [-0.25, -0.2) is 4.98 Å². The van der Waals surface area contributed by atoms with Crippen LogP contribution in [0.3, 0.4) is 0 Å². The molecule has 0 aliphatic carbocycles. The Morgan fingerprint density at radius 3 is 2.33 bits per heavy atom. The lowest BCUT2D eigenvalue weighted by Crippen LogP contribution is -2.08. The van der Waals surface area contributed by atoms with Crippen LogP contribution in [-0.4, -0.2) is 38.1 Å². The molecule has 0 saturated heterocycles. The predicted octanol–water partition coefficient (Wildman–Crippen LogP) is 6.91. The molecule has 0 fully saturated rings. The molecule has 0 unspecified atom stereocenters. The van der Waals surface area contributed by atoms with E-state index in [1.165, 1.54) is 12.7 Å². The Labute approximate surface area is 229 Å². The zero-order chi connectivity index (χ0) is 28.0. The summed E-state index contributed by atoms with van der Waals surface area (Å²) in [6.45, 7) is 12.6. The van der Waals surface area contributed by atoms with Crippen molar-refractivity contribution in [3.63, 3.8) is 0 Å². The molecule has 0 spiro atoms. The largest absolute Gasteiger partial charge is 0.469 e. The molecule has 3 aromatic heterocycles. The normalized spacial score (nSPS) is 17.1. The van der Waals surface area contributed by atoms with Gasteiger partial charge in [0.05, 0.1) is 25.1 Å². The SMILES string of the molecule is CCC1=C(C)c2cc3[nH]c(cc4nc(c(C)c5cc(C)c(cc1n2)[nH]5)[C@@H](CCC(=O)OC)[C@@H]4C)c(C)c3CO. The summed E-state index contributed by atoms with van der Waals surface area (Å²) in [6.07, 6.45) is 1.87. The van der Waals surface area contributed by atoms with Crippen molar-refractivity contribution in [1.29, 1.82) is 0 Å². The van der Waals surface area contributed by atoms with E-state index in [1.807, 2.05) is 6.92 Å². The monoisotopic (exact) mass is 526 g/mol. The summed E-state index contributed by atoms with van der Waals surface area (Å²) in [4.78, 5) is 29.4. The Morgan fingerprint density at radius 2 is 1.64 bits per heavy atom. The maximum absolute atomic E-state index is 12.1. The number of ether oxygens (including phenoxy) is 1. The zero-order valence-corrected chi connectivity index (χ0v) is 24.0. The van der Waals surface area contributed by atoms with Gasteiger partial charge in [0.25, 0.3) is 0 Å². The Hall–Kier alpha value is -3.71. The lowest BCUT2D eigenvalue weighted by atomic mass is 9.86. The highest BCUT2D eigenvalue weighted by molar-refractivity contribution is 5.92. The van der Waals surface area contributed by atoms with Crippen molar-refractivity contribution in [3.05, 3.63) is 69.3 Å². The number of nitrogens with zero attached hydrogens (tertiary/aromatic N) is 2. The number of nitrogens with one attached hydrogen (secondary N) is 2. The van der Waals surface area contributed by atoms with E-state index in [1.54, 1.807) is 0 Å². The van der Waals surface area contributed by atoms with Gasteiger partial charge in [-0.2, -0.15) is 0 Å². The molecule has 204 valence electrons. The summed E-state index contributed by atoms with van der Waals surface area (Å²) in [5.41, 5.74) is 14.1. The number of aliphatic hydroxyl groups is 1. The molecule has 0 amide bonds. The molecule has 2 atom stereocenters. The molecule has 5 heterocycles. The molecule has 8 bridgehead atoms. The smallest absolute Gasteiger partial charge is 0.305 e. The standard InChI is InChI=1S/C32H38N4O3/c1-8-21-17(3)27-14-30-23(15-37)19(5)26(35-30)13-28-18(4)22(9-10-31(38)39-7)32(36-28)20(6)25-11-16(2)24(33-25)12-29(21)34-27/h11-14,18,22,33,35,37H,8-10,15H2,1-7H3/t18-,22-/m0/s1. The fourth-order valence-corrected chi connectivity index (χ4v) is 6.02. The summed E-state index contributed by atoms with van der Waals surface area (Å²) in [5, 5.41) is 10.3. The summed E-state index contributed by atoms with van der Waals surface area (Å²) >= 11 is 0. The molecule has 0 radical (unpaired) electrons. The van der Waals surface area contributed by atoms with Crippen molar-refractivity contribution < 1.29 is 14.6 Å². The van der Waals surface area contributed by atoms with E-state index in [0.29, 0.717) is 12.8 Å². The van der Waals surface area contributed by atoms with Crippen molar-refractivity contribution in [2.45, 2.75) is 79.2 Å². The number of aromatic nitrogens is 4. The van der Waals surface area contributed by atoms with Crippen LogP contribution in [0.1, 0.15) is 96.9 Å². The minimum Gasteiger partial charge on any atom is -0.469 e. The number of H-pyrrole nitrogens is 2. The van der Waals surface area contributed by atoms with E-state index in [9.17, 15) is 9.90 Å². The molecular weight excluding hydrogens is 488 g/mol. The van der Waals surface area contributed by atoms with Crippen LogP contribution in [0.25, 0.3) is 33.2 Å². The Morgan fingerprint density at radius 1 is 0.949 bits per heavy atom. The highest BCUT2D eigenvalue weighted by atomic mass is 16.5. The summed E-state index contributed by atoms with van der Waals surface area (Å²) in [5.74, 6) is -0.0220. The fourth-order valence-electron chi connectivity index (χ4n) is 6.02. The van der Waals surface area contributed by atoms with Crippen molar-refractivity contribution in [2.24, 2.45) is 0 Å². The summed E-state index contributed by atoms with van der Waals surface area (Å²) in [6, 6.07) is 8.46. The molecule has 3 aromatic rings. The van der Waals surface area contributed by atoms with E-state index in [0.717, 1.165) is 79.1 Å². The third-order valence-electron chi connectivity index (χ3n) is 8.61. The third kappa shape index (κ3) is 4.69. The van der Waals surface area contributed by atoms with E-state index in [2.05, 4.69) is 68.9 Å². The van der Waals surface area contributed by atoms with Crippen LogP contribution in [0.4, 0.5) is 0 Å². The molecule has 2 aliphatic rings. The van der Waals surface area contributed by atoms with Gasteiger partial charge in [-0.1, -0.05) is 13.8 Å². The second kappa shape index (κ2) is 10.5. The van der Waals surface area contributed by atoms with Crippen LogP contribution >= 0.6 is 0 Å². The Balaban J connectivity index is 1.88. The molecule has 7 heteroatoms. The molecule has 39 heavy (non-hydrogen) atoms. The minimum atomic E-state index is -0.209. The van der Waals surface area contributed by atoms with Gasteiger partial charge in [0.2, 0.25) is 0 Å². The maximum atomic E-state index is 12.1. The van der Waals surface area contributed by atoms with Crippen LogP contribution < -0.4 is 0 Å². The fraction of sp³-hybridized carbons (Fsp3) is 0.406. The zero-order valence-electron chi connectivity index (χ0n) is 24.0. The van der Waals surface area contributed by atoms with Gasteiger partial charge < -0.3 is 19.8 Å². The first-order chi connectivity index (χ1) is 18.7. The van der Waals surface area contributed by atoms with Gasteiger partial charge in [-0.05, 0) is 92.6 Å². The van der Waals surface area contributed by atoms with E-state index < -0.39 is 0 Å². The number of allylic oxidation sites excluding steroid dienone is 2. The van der Waals surface area contributed by atoms with Crippen LogP contribution in [0.5, 0.6) is 0 Å². The minimum absolute atomic E-state index is 0.0699. The predicted molar refractivity (Wildman–Crippen MR) is 156 cm³/mol. The van der Waals surface area contributed by atoms with Gasteiger partial charge in [-0.3, -0.25) is 9.78 Å². The number of methoxy groups -OCH3 is 1. The van der Waals surface area contributed by atoms with E-state index >= 15 is 0 Å². The molecule has 0 aromatic carbocycles. The number of rotatable bonds is 5. The quantitative estimate of drug-likeness (QED) is 0.313. The lowest BCUT2D eigenvalue weighted by molar-refractivity contribution is -0.140. The summed E-state index contributed by atoms with van der Waals surface area (Å²) < 4.78 is 4.95. The van der Waals surface area contributed by atoms with E-state index in [4.69, 9.17) is 14.7 Å². The molecule has 3 N–H and O–H groups in total. The van der Waals surface area contributed by atoms with Gasteiger partial charge in [0.1, 0.15) is 0 Å².